The smallest absolute Gasteiger partial charge is 0.270 e. The van der Waals surface area contributed by atoms with E-state index >= 15 is 0 Å². The fraction of sp³-hybridized carbons (Fsp3) is 0.207. The van der Waals surface area contributed by atoms with Gasteiger partial charge in [-0.15, -0.1) is 0 Å². The van der Waals surface area contributed by atoms with Crippen molar-refractivity contribution < 1.29 is 14.0 Å². The highest BCUT2D eigenvalue weighted by atomic mass is 19.1. The van der Waals surface area contributed by atoms with Crippen LogP contribution in [-0.2, 0) is 11.3 Å². The van der Waals surface area contributed by atoms with Crippen LogP contribution in [0.4, 0.5) is 4.39 Å². The number of fused-ring (bicyclic) bond motifs is 4. The third-order valence-corrected chi connectivity index (χ3v) is 6.70. The first-order valence-corrected chi connectivity index (χ1v) is 12.0. The van der Waals surface area contributed by atoms with E-state index < -0.39 is 11.7 Å². The summed E-state index contributed by atoms with van der Waals surface area (Å²) in [5.74, 6) is -0.997. The molecule has 2 bridgehead atoms. The third kappa shape index (κ3) is 5.05. The first-order valence-electron chi connectivity index (χ1n) is 12.0. The van der Waals surface area contributed by atoms with E-state index in [1.807, 2.05) is 47.0 Å². The summed E-state index contributed by atoms with van der Waals surface area (Å²) in [4.78, 5) is 40.6. The van der Waals surface area contributed by atoms with Crippen LogP contribution in [0.25, 0.3) is 6.08 Å². The first kappa shape index (κ1) is 23.5. The molecule has 7 heteroatoms. The second-order valence-electron chi connectivity index (χ2n) is 9.22. The van der Waals surface area contributed by atoms with Gasteiger partial charge in [0, 0.05) is 42.9 Å². The summed E-state index contributed by atoms with van der Waals surface area (Å²) >= 11 is 0. The van der Waals surface area contributed by atoms with Gasteiger partial charge in [-0.3, -0.25) is 14.4 Å². The molecule has 182 valence electrons. The van der Waals surface area contributed by atoms with E-state index in [0.717, 1.165) is 17.7 Å². The van der Waals surface area contributed by atoms with Crippen LogP contribution in [0.3, 0.4) is 0 Å². The summed E-state index contributed by atoms with van der Waals surface area (Å²) in [7, 11) is 0. The Morgan fingerprint density at radius 3 is 2.47 bits per heavy atom. The molecule has 2 amide bonds. The maximum absolute atomic E-state index is 13.7. The zero-order valence-corrected chi connectivity index (χ0v) is 19.6. The number of aromatic nitrogens is 1. The largest absolute Gasteiger partial charge is 0.336 e. The van der Waals surface area contributed by atoms with Crippen molar-refractivity contribution in [2.45, 2.75) is 18.9 Å². The normalized spacial score (nSPS) is 19.1. The average Bonchev–Trinajstić information content (AvgIpc) is 2.89. The number of amides is 2. The summed E-state index contributed by atoms with van der Waals surface area (Å²) in [6, 6.07) is 20.1. The number of carbonyl (C=O) groups is 2. The third-order valence-electron chi connectivity index (χ3n) is 6.70. The van der Waals surface area contributed by atoms with Crippen molar-refractivity contribution in [1.82, 2.24) is 14.8 Å². The lowest BCUT2D eigenvalue weighted by atomic mass is 9.83. The second-order valence-corrected chi connectivity index (χ2v) is 9.22. The fourth-order valence-corrected chi connectivity index (χ4v) is 5.01. The molecule has 1 fully saturated rings. The van der Waals surface area contributed by atoms with Gasteiger partial charge >= 0.3 is 0 Å². The Morgan fingerprint density at radius 2 is 1.69 bits per heavy atom. The molecule has 0 saturated carbocycles. The quantitative estimate of drug-likeness (QED) is 0.441. The lowest BCUT2D eigenvalue weighted by Gasteiger charge is -2.42. The fourth-order valence-electron chi connectivity index (χ4n) is 5.01. The van der Waals surface area contributed by atoms with Gasteiger partial charge in [0.05, 0.1) is 0 Å². The van der Waals surface area contributed by atoms with Crippen LogP contribution >= 0.6 is 0 Å². The molecule has 2 aliphatic heterocycles. The molecule has 0 radical (unpaired) electrons. The highest BCUT2D eigenvalue weighted by Gasteiger charge is 2.37. The van der Waals surface area contributed by atoms with E-state index in [1.54, 1.807) is 29.2 Å². The van der Waals surface area contributed by atoms with E-state index in [0.29, 0.717) is 19.6 Å². The summed E-state index contributed by atoms with van der Waals surface area (Å²) < 4.78 is 15.1. The number of allylic oxidation sites excluding steroid dienone is 2. The SMILES string of the molecule is O=C(N/C(=C\C=C\c1ccccc1)C(=O)N1CC2CC(C1)c1cccc(=O)n1C2)c1ccc(F)cc1. The van der Waals surface area contributed by atoms with Crippen molar-refractivity contribution in [3.63, 3.8) is 0 Å². The van der Waals surface area contributed by atoms with Gasteiger partial charge in [-0.05, 0) is 54.3 Å². The van der Waals surface area contributed by atoms with Crippen molar-refractivity contribution in [2.75, 3.05) is 13.1 Å². The van der Waals surface area contributed by atoms with Crippen molar-refractivity contribution in [3.05, 3.63) is 124 Å². The molecule has 2 aliphatic rings. The van der Waals surface area contributed by atoms with Gasteiger partial charge in [-0.1, -0.05) is 48.6 Å². The van der Waals surface area contributed by atoms with E-state index in [-0.39, 0.29) is 34.6 Å². The van der Waals surface area contributed by atoms with Gasteiger partial charge in [0.1, 0.15) is 11.5 Å². The number of piperidine rings is 1. The highest BCUT2D eigenvalue weighted by molar-refractivity contribution is 6.03. The number of hydrogen-bond acceptors (Lipinski definition) is 3. The van der Waals surface area contributed by atoms with Crippen molar-refractivity contribution >= 4 is 17.9 Å². The van der Waals surface area contributed by atoms with Gasteiger partial charge in [0.25, 0.3) is 17.4 Å². The summed E-state index contributed by atoms with van der Waals surface area (Å²) in [5.41, 5.74) is 2.29. The molecule has 0 aliphatic carbocycles. The van der Waals surface area contributed by atoms with Crippen LogP contribution in [0.2, 0.25) is 0 Å². The lowest BCUT2D eigenvalue weighted by molar-refractivity contribution is -0.130. The van der Waals surface area contributed by atoms with E-state index in [1.165, 1.54) is 24.3 Å². The Hall–Kier alpha value is -4.26. The number of nitrogens with zero attached hydrogens (tertiary/aromatic N) is 2. The van der Waals surface area contributed by atoms with E-state index in [4.69, 9.17) is 0 Å². The summed E-state index contributed by atoms with van der Waals surface area (Å²) in [5, 5.41) is 2.73. The van der Waals surface area contributed by atoms with Crippen LogP contribution in [0.5, 0.6) is 0 Å². The number of likely N-dealkylation sites (tertiary alicyclic amines) is 1. The number of pyridine rings is 1. The molecule has 36 heavy (non-hydrogen) atoms. The van der Waals surface area contributed by atoms with E-state index in [2.05, 4.69) is 5.32 Å². The van der Waals surface area contributed by atoms with E-state index in [9.17, 15) is 18.8 Å². The molecule has 1 N–H and O–H groups in total. The second kappa shape index (κ2) is 10.2. The van der Waals surface area contributed by atoms with Crippen LogP contribution in [0, 0.1) is 11.7 Å². The summed E-state index contributed by atoms with van der Waals surface area (Å²) in [6.45, 7) is 1.54. The number of carbonyl (C=O) groups excluding carboxylic acids is 2. The first-order chi connectivity index (χ1) is 17.5. The van der Waals surface area contributed by atoms with Gasteiger partial charge in [-0.2, -0.15) is 0 Å². The molecular weight excluding hydrogens is 457 g/mol. The predicted octanol–water partition coefficient (Wildman–Crippen LogP) is 3.96. The lowest BCUT2D eigenvalue weighted by Crippen LogP contribution is -2.50. The van der Waals surface area contributed by atoms with Crippen LogP contribution in [0.1, 0.15) is 34.0 Å². The zero-order chi connectivity index (χ0) is 25.1. The number of benzene rings is 2. The zero-order valence-electron chi connectivity index (χ0n) is 19.6. The maximum atomic E-state index is 13.7. The molecule has 2 atom stereocenters. The predicted molar refractivity (Wildman–Crippen MR) is 136 cm³/mol. The molecule has 5 rings (SSSR count). The maximum Gasteiger partial charge on any atom is 0.270 e. The molecule has 2 unspecified atom stereocenters. The minimum Gasteiger partial charge on any atom is -0.336 e. The minimum absolute atomic E-state index is 0.0137. The number of halogens is 1. The van der Waals surface area contributed by atoms with Crippen LogP contribution in [0.15, 0.2) is 95.4 Å². The Balaban J connectivity index is 1.40. The Bertz CT molecular complexity index is 1390. The Morgan fingerprint density at radius 1 is 0.917 bits per heavy atom. The van der Waals surface area contributed by atoms with Gasteiger partial charge in [0.15, 0.2) is 0 Å². The van der Waals surface area contributed by atoms with Gasteiger partial charge < -0.3 is 14.8 Å². The monoisotopic (exact) mass is 483 g/mol. The topological polar surface area (TPSA) is 71.4 Å². The van der Waals surface area contributed by atoms with Gasteiger partial charge in [-0.25, -0.2) is 4.39 Å². The molecule has 1 aromatic heterocycles. The molecular formula is C29H26FN3O3. The molecule has 3 aromatic rings. The Kier molecular flexibility index (Phi) is 6.62. The minimum atomic E-state index is -0.489. The van der Waals surface area contributed by atoms with Crippen molar-refractivity contribution in [3.8, 4) is 0 Å². The average molecular weight is 484 g/mol. The van der Waals surface area contributed by atoms with Crippen LogP contribution in [-0.4, -0.2) is 34.4 Å². The van der Waals surface area contributed by atoms with Crippen molar-refractivity contribution in [1.29, 1.82) is 0 Å². The number of hydrogen-bond donors (Lipinski definition) is 1. The molecule has 3 heterocycles. The van der Waals surface area contributed by atoms with Crippen LogP contribution < -0.4 is 10.9 Å². The standard InChI is InChI=1S/C29H26FN3O3/c30-24-14-12-22(13-15-24)28(35)31-25(9-4-8-20-6-2-1-3-7-20)29(36)32-17-21-16-23(19-32)26-10-5-11-27(34)33(26)18-21/h1-15,21,23H,16-19H2,(H,31,35)/b8-4+,25-9-. The molecule has 1 saturated heterocycles. The Labute approximate surface area is 208 Å². The number of rotatable bonds is 5. The number of nitrogens with one attached hydrogen (secondary N) is 1. The highest BCUT2D eigenvalue weighted by Crippen LogP contribution is 2.35. The molecule has 0 spiro atoms. The molecule has 2 aromatic carbocycles. The van der Waals surface area contributed by atoms with Gasteiger partial charge in [0.2, 0.25) is 0 Å². The molecule has 6 nitrogen and oxygen atoms in total. The van der Waals surface area contributed by atoms with Crippen molar-refractivity contribution in [2.24, 2.45) is 5.92 Å². The summed E-state index contributed by atoms with van der Waals surface area (Å²) in [6.07, 6.45) is 6.10.